The predicted molar refractivity (Wildman–Crippen MR) is 52.1 cm³/mol. The third-order valence-electron chi connectivity index (χ3n) is 2.33. The minimum absolute atomic E-state index is 0.539. The highest BCUT2D eigenvalue weighted by Gasteiger charge is 2.35. The zero-order chi connectivity index (χ0) is 10.0. The maximum Gasteiger partial charge on any atom is 0.103 e. The second kappa shape index (κ2) is 3.36. The molecule has 1 atom stereocenters. The lowest BCUT2D eigenvalue weighted by Crippen LogP contribution is -2.49. The van der Waals surface area contributed by atoms with E-state index in [1.807, 2.05) is 19.1 Å². The molecule has 0 spiro atoms. The molecule has 0 bridgehead atoms. The van der Waals surface area contributed by atoms with E-state index in [2.05, 4.69) is 21.0 Å². The predicted octanol–water partition coefficient (Wildman–Crippen LogP) is 0.126. The first-order chi connectivity index (χ1) is 6.76. The third-order valence-corrected chi connectivity index (χ3v) is 2.33. The average Bonchev–Trinajstić information content (AvgIpc) is 2.63. The van der Waals surface area contributed by atoms with Gasteiger partial charge in [0.25, 0.3) is 0 Å². The van der Waals surface area contributed by atoms with E-state index in [-0.39, 0.29) is 0 Å². The Morgan fingerprint density at radius 1 is 1.64 bits per heavy atom. The number of nitrogens with one attached hydrogen (secondary N) is 2. The second-order valence-electron chi connectivity index (χ2n) is 3.48. The molecule has 74 valence electrons. The zero-order valence-corrected chi connectivity index (χ0v) is 7.86. The lowest BCUT2D eigenvalue weighted by molar-refractivity contribution is 0.111. The number of rotatable bonds is 2. The van der Waals surface area contributed by atoms with Crippen LogP contribution in [0.4, 0.5) is 0 Å². The van der Waals surface area contributed by atoms with Crippen molar-refractivity contribution in [2.24, 2.45) is 5.10 Å². The normalized spacial score (nSPS) is 25.7. The van der Waals surface area contributed by atoms with E-state index in [0.29, 0.717) is 6.54 Å². The number of aromatic nitrogens is 1. The standard InChI is InChI=1S/C9H12N4O/c1-9(13-14)6-11-12-8(9)7-3-2-4-10-5-7/h2-5,11,13-14H,6H2,1H3. The molecule has 0 radical (unpaired) electrons. The van der Waals surface area contributed by atoms with Gasteiger partial charge in [0.15, 0.2) is 0 Å². The summed E-state index contributed by atoms with van der Waals surface area (Å²) >= 11 is 0. The van der Waals surface area contributed by atoms with Gasteiger partial charge in [0.05, 0.1) is 12.3 Å². The molecule has 0 aliphatic carbocycles. The summed E-state index contributed by atoms with van der Waals surface area (Å²) < 4.78 is 0. The van der Waals surface area contributed by atoms with Crippen molar-refractivity contribution < 1.29 is 5.21 Å². The molecule has 0 saturated carbocycles. The van der Waals surface area contributed by atoms with Crippen LogP contribution in [0.2, 0.25) is 0 Å². The van der Waals surface area contributed by atoms with Crippen LogP contribution < -0.4 is 10.9 Å². The Morgan fingerprint density at radius 3 is 3.14 bits per heavy atom. The van der Waals surface area contributed by atoms with E-state index < -0.39 is 5.54 Å². The van der Waals surface area contributed by atoms with Crippen LogP contribution in [0.1, 0.15) is 12.5 Å². The van der Waals surface area contributed by atoms with Gasteiger partial charge in [0.2, 0.25) is 0 Å². The Morgan fingerprint density at radius 2 is 2.50 bits per heavy atom. The summed E-state index contributed by atoms with van der Waals surface area (Å²) in [4.78, 5) is 4.01. The van der Waals surface area contributed by atoms with Crippen molar-refractivity contribution in [3.63, 3.8) is 0 Å². The Balaban J connectivity index is 2.36. The van der Waals surface area contributed by atoms with Crippen LogP contribution in [-0.4, -0.2) is 28.0 Å². The first kappa shape index (κ1) is 9.11. The Bertz CT molecular complexity index is 351. The number of nitrogens with zero attached hydrogens (tertiary/aromatic N) is 2. The van der Waals surface area contributed by atoms with Crippen LogP contribution >= 0.6 is 0 Å². The molecule has 2 rings (SSSR count). The van der Waals surface area contributed by atoms with Gasteiger partial charge in [-0.1, -0.05) is 0 Å². The van der Waals surface area contributed by atoms with Crippen LogP contribution in [0.3, 0.4) is 0 Å². The van der Waals surface area contributed by atoms with Gasteiger partial charge in [-0.05, 0) is 19.1 Å². The van der Waals surface area contributed by atoms with E-state index in [4.69, 9.17) is 5.21 Å². The first-order valence-electron chi connectivity index (χ1n) is 4.39. The summed E-state index contributed by atoms with van der Waals surface area (Å²) in [6.07, 6.45) is 3.43. The molecule has 0 aromatic carbocycles. The van der Waals surface area contributed by atoms with Crippen LogP contribution in [0.25, 0.3) is 0 Å². The number of hydroxylamine groups is 1. The molecule has 5 heteroatoms. The molecule has 0 saturated heterocycles. The molecule has 1 aliphatic heterocycles. The third kappa shape index (κ3) is 1.36. The smallest absolute Gasteiger partial charge is 0.103 e. The molecular weight excluding hydrogens is 180 g/mol. The number of hydrogen-bond donors (Lipinski definition) is 3. The van der Waals surface area contributed by atoms with Gasteiger partial charge in [0, 0.05) is 18.0 Å². The molecular formula is C9H12N4O. The summed E-state index contributed by atoms with van der Waals surface area (Å²) in [7, 11) is 0. The molecule has 1 aromatic heterocycles. The van der Waals surface area contributed by atoms with Gasteiger partial charge >= 0.3 is 0 Å². The van der Waals surface area contributed by atoms with E-state index in [0.717, 1.165) is 11.3 Å². The molecule has 0 amide bonds. The van der Waals surface area contributed by atoms with E-state index in [1.165, 1.54) is 0 Å². The van der Waals surface area contributed by atoms with Gasteiger partial charge in [-0.15, -0.1) is 0 Å². The van der Waals surface area contributed by atoms with Gasteiger partial charge in [-0.25, -0.2) is 0 Å². The second-order valence-corrected chi connectivity index (χ2v) is 3.48. The van der Waals surface area contributed by atoms with E-state index in [9.17, 15) is 0 Å². The molecule has 5 nitrogen and oxygen atoms in total. The molecule has 0 fully saturated rings. The van der Waals surface area contributed by atoms with Crippen LogP contribution in [0.5, 0.6) is 0 Å². The minimum atomic E-state index is -0.539. The van der Waals surface area contributed by atoms with Crippen LogP contribution in [0.15, 0.2) is 29.6 Å². The Hall–Kier alpha value is -1.46. The molecule has 3 N–H and O–H groups in total. The summed E-state index contributed by atoms with van der Waals surface area (Å²) in [5.74, 6) is 0. The quantitative estimate of drug-likeness (QED) is 0.582. The molecule has 14 heavy (non-hydrogen) atoms. The lowest BCUT2D eigenvalue weighted by atomic mass is 9.93. The van der Waals surface area contributed by atoms with Gasteiger partial charge < -0.3 is 10.6 Å². The molecule has 1 aliphatic rings. The monoisotopic (exact) mass is 192 g/mol. The number of hydrazone groups is 1. The van der Waals surface area contributed by atoms with Crippen molar-refractivity contribution in [1.29, 1.82) is 0 Å². The summed E-state index contributed by atoms with van der Waals surface area (Å²) in [6.45, 7) is 2.44. The minimum Gasteiger partial charge on any atom is -0.316 e. The Labute approximate surface area is 81.8 Å². The first-order valence-corrected chi connectivity index (χ1v) is 4.39. The van der Waals surface area contributed by atoms with Crippen molar-refractivity contribution in [3.8, 4) is 0 Å². The van der Waals surface area contributed by atoms with E-state index >= 15 is 0 Å². The molecule has 1 unspecified atom stereocenters. The van der Waals surface area contributed by atoms with Crippen LogP contribution in [-0.2, 0) is 0 Å². The summed E-state index contributed by atoms with van der Waals surface area (Å²) in [5, 5.41) is 13.2. The maximum atomic E-state index is 9.07. The SMILES string of the molecule is CC1(NO)CNN=C1c1cccnc1. The highest BCUT2D eigenvalue weighted by Crippen LogP contribution is 2.16. The van der Waals surface area contributed by atoms with Crippen molar-refractivity contribution in [2.45, 2.75) is 12.5 Å². The lowest BCUT2D eigenvalue weighted by Gasteiger charge is -2.22. The van der Waals surface area contributed by atoms with Crippen molar-refractivity contribution >= 4 is 5.71 Å². The van der Waals surface area contributed by atoms with Gasteiger partial charge in [0.1, 0.15) is 5.54 Å². The van der Waals surface area contributed by atoms with Crippen LogP contribution in [0, 0.1) is 0 Å². The maximum absolute atomic E-state index is 9.07. The fourth-order valence-electron chi connectivity index (χ4n) is 1.46. The van der Waals surface area contributed by atoms with Crippen molar-refractivity contribution in [2.75, 3.05) is 6.54 Å². The fraction of sp³-hybridized carbons (Fsp3) is 0.333. The summed E-state index contributed by atoms with van der Waals surface area (Å²) in [5.41, 5.74) is 6.25. The molecule has 1 aromatic rings. The van der Waals surface area contributed by atoms with E-state index in [1.54, 1.807) is 12.4 Å². The van der Waals surface area contributed by atoms with Crippen molar-refractivity contribution in [1.82, 2.24) is 15.9 Å². The zero-order valence-electron chi connectivity index (χ0n) is 7.86. The topological polar surface area (TPSA) is 69.5 Å². The van der Waals surface area contributed by atoms with Crippen molar-refractivity contribution in [3.05, 3.63) is 30.1 Å². The molecule has 2 heterocycles. The largest absolute Gasteiger partial charge is 0.316 e. The highest BCUT2D eigenvalue weighted by molar-refractivity contribution is 6.07. The summed E-state index contributed by atoms with van der Waals surface area (Å²) in [6, 6.07) is 3.75. The highest BCUT2D eigenvalue weighted by atomic mass is 16.5. The Kier molecular flexibility index (Phi) is 2.18. The number of hydrogen-bond acceptors (Lipinski definition) is 5. The number of pyridine rings is 1. The van der Waals surface area contributed by atoms with Gasteiger partial charge in [-0.2, -0.15) is 10.6 Å². The fourth-order valence-corrected chi connectivity index (χ4v) is 1.46. The van der Waals surface area contributed by atoms with Gasteiger partial charge in [-0.3, -0.25) is 4.98 Å². The average molecular weight is 192 g/mol.